The summed E-state index contributed by atoms with van der Waals surface area (Å²) < 4.78 is 5.23. The van der Waals surface area contributed by atoms with Gasteiger partial charge in [-0.1, -0.05) is 28.4 Å². The van der Waals surface area contributed by atoms with Gasteiger partial charge in [0.1, 0.15) is 0 Å². The van der Waals surface area contributed by atoms with Crippen molar-refractivity contribution in [2.75, 3.05) is 6.61 Å². The summed E-state index contributed by atoms with van der Waals surface area (Å²) >= 11 is 11.8. The number of oxime groups is 1. The molecule has 0 aliphatic rings. The lowest BCUT2D eigenvalue weighted by Gasteiger charge is -2.08. The lowest BCUT2D eigenvalue weighted by Crippen LogP contribution is -1.94. The molecule has 0 radical (unpaired) electrons. The van der Waals surface area contributed by atoms with E-state index in [1.54, 1.807) is 12.1 Å². The second-order valence-electron chi connectivity index (χ2n) is 2.49. The Balaban J connectivity index is 3.11. The van der Waals surface area contributed by atoms with Crippen molar-refractivity contribution in [2.45, 2.75) is 6.92 Å². The molecule has 0 saturated carbocycles. The van der Waals surface area contributed by atoms with Gasteiger partial charge >= 0.3 is 0 Å². The molecule has 0 atom stereocenters. The SMILES string of the molecule is CCOc1c(Cl)cc(/C=N\O)cc1Cl. The molecule has 5 heteroatoms. The number of nitrogens with zero attached hydrogens (tertiary/aromatic N) is 1. The van der Waals surface area contributed by atoms with E-state index in [0.29, 0.717) is 28.0 Å². The zero-order chi connectivity index (χ0) is 10.6. The highest BCUT2D eigenvalue weighted by Gasteiger charge is 2.08. The van der Waals surface area contributed by atoms with Crippen LogP contribution in [0.5, 0.6) is 5.75 Å². The summed E-state index contributed by atoms with van der Waals surface area (Å²) in [6.45, 7) is 2.34. The van der Waals surface area contributed by atoms with Crippen LogP contribution in [0.15, 0.2) is 17.3 Å². The van der Waals surface area contributed by atoms with Crippen LogP contribution in [0.3, 0.4) is 0 Å². The lowest BCUT2D eigenvalue weighted by atomic mass is 10.2. The minimum atomic E-state index is 0.397. The summed E-state index contributed by atoms with van der Waals surface area (Å²) in [5.41, 5.74) is 0.617. The van der Waals surface area contributed by atoms with Gasteiger partial charge in [0.05, 0.1) is 22.9 Å². The molecule has 76 valence electrons. The molecule has 14 heavy (non-hydrogen) atoms. The maximum Gasteiger partial charge on any atom is 0.156 e. The Morgan fingerprint density at radius 3 is 2.43 bits per heavy atom. The first-order valence-corrected chi connectivity index (χ1v) is 4.74. The fourth-order valence-electron chi connectivity index (χ4n) is 1.00. The molecular formula is C9H9Cl2NO2. The van der Waals surface area contributed by atoms with Crippen LogP contribution in [0.4, 0.5) is 0 Å². The van der Waals surface area contributed by atoms with Gasteiger partial charge in [0.25, 0.3) is 0 Å². The normalized spacial score (nSPS) is 10.8. The van der Waals surface area contributed by atoms with E-state index >= 15 is 0 Å². The Morgan fingerprint density at radius 2 is 2.00 bits per heavy atom. The second kappa shape index (κ2) is 5.08. The Kier molecular flexibility index (Phi) is 4.04. The van der Waals surface area contributed by atoms with E-state index in [-0.39, 0.29) is 0 Å². The molecular weight excluding hydrogens is 225 g/mol. The molecule has 0 aromatic heterocycles. The van der Waals surface area contributed by atoms with Crippen molar-refractivity contribution in [2.24, 2.45) is 5.16 Å². The number of rotatable bonds is 3. The molecule has 0 bridgehead atoms. The summed E-state index contributed by atoms with van der Waals surface area (Å²) in [5, 5.41) is 12.0. The quantitative estimate of drug-likeness (QED) is 0.495. The third kappa shape index (κ3) is 2.53. The van der Waals surface area contributed by atoms with Gasteiger partial charge in [-0.2, -0.15) is 0 Å². The smallest absolute Gasteiger partial charge is 0.156 e. The fraction of sp³-hybridized carbons (Fsp3) is 0.222. The molecule has 0 heterocycles. The van der Waals surface area contributed by atoms with E-state index in [2.05, 4.69) is 5.16 Å². The summed E-state index contributed by atoms with van der Waals surface area (Å²) in [7, 11) is 0. The van der Waals surface area contributed by atoms with E-state index in [4.69, 9.17) is 33.1 Å². The summed E-state index contributed by atoms with van der Waals surface area (Å²) in [6, 6.07) is 3.22. The first-order chi connectivity index (χ1) is 6.69. The second-order valence-corrected chi connectivity index (χ2v) is 3.31. The van der Waals surface area contributed by atoms with Crippen LogP contribution in [-0.2, 0) is 0 Å². The predicted octanol–water partition coefficient (Wildman–Crippen LogP) is 3.20. The average Bonchev–Trinajstić information content (AvgIpc) is 2.12. The Labute approximate surface area is 91.9 Å². The first kappa shape index (κ1) is 11.1. The van der Waals surface area contributed by atoms with Gasteiger partial charge in [0, 0.05) is 0 Å². The Morgan fingerprint density at radius 1 is 1.43 bits per heavy atom. The monoisotopic (exact) mass is 233 g/mol. The van der Waals surface area contributed by atoms with E-state index in [1.807, 2.05) is 6.92 Å². The van der Waals surface area contributed by atoms with Crippen molar-refractivity contribution in [3.63, 3.8) is 0 Å². The van der Waals surface area contributed by atoms with Crippen LogP contribution in [0.25, 0.3) is 0 Å². The zero-order valence-corrected chi connectivity index (χ0v) is 9.01. The third-order valence-electron chi connectivity index (χ3n) is 1.52. The number of hydrogen-bond donors (Lipinski definition) is 1. The van der Waals surface area contributed by atoms with Gasteiger partial charge < -0.3 is 9.94 Å². The molecule has 0 unspecified atom stereocenters. The average molecular weight is 234 g/mol. The standard InChI is InChI=1S/C9H9Cl2NO2/c1-2-14-9-7(10)3-6(5-12-13)4-8(9)11/h3-5,13H,2H2,1H3/b12-5-. The van der Waals surface area contributed by atoms with Gasteiger partial charge in [0.15, 0.2) is 5.75 Å². The van der Waals surface area contributed by atoms with Crippen molar-refractivity contribution in [3.05, 3.63) is 27.7 Å². The van der Waals surface area contributed by atoms with Gasteiger partial charge in [0.2, 0.25) is 0 Å². The summed E-state index contributed by atoms with van der Waals surface area (Å²) in [5.74, 6) is 0.450. The molecule has 0 amide bonds. The molecule has 0 saturated heterocycles. The van der Waals surface area contributed by atoms with Crippen molar-refractivity contribution in [1.29, 1.82) is 0 Å². The number of ether oxygens (including phenoxy) is 1. The number of benzene rings is 1. The largest absolute Gasteiger partial charge is 0.491 e. The minimum Gasteiger partial charge on any atom is -0.491 e. The Hall–Kier alpha value is -0.930. The maximum absolute atomic E-state index is 8.33. The van der Waals surface area contributed by atoms with Crippen molar-refractivity contribution in [1.82, 2.24) is 0 Å². The van der Waals surface area contributed by atoms with E-state index in [0.717, 1.165) is 0 Å². The van der Waals surface area contributed by atoms with Crippen LogP contribution in [0.1, 0.15) is 12.5 Å². The van der Waals surface area contributed by atoms with E-state index in [9.17, 15) is 0 Å². The van der Waals surface area contributed by atoms with Crippen LogP contribution >= 0.6 is 23.2 Å². The number of halogens is 2. The van der Waals surface area contributed by atoms with Gasteiger partial charge in [-0.15, -0.1) is 0 Å². The third-order valence-corrected chi connectivity index (χ3v) is 2.08. The Bertz CT molecular complexity index is 330. The zero-order valence-electron chi connectivity index (χ0n) is 7.50. The molecule has 1 aromatic rings. The molecule has 1 aromatic carbocycles. The minimum absolute atomic E-state index is 0.397. The van der Waals surface area contributed by atoms with Crippen molar-refractivity contribution < 1.29 is 9.94 Å². The molecule has 1 N–H and O–H groups in total. The molecule has 0 fully saturated rings. The fourth-order valence-corrected chi connectivity index (χ4v) is 1.62. The highest BCUT2D eigenvalue weighted by molar-refractivity contribution is 6.37. The molecule has 0 aliphatic heterocycles. The van der Waals surface area contributed by atoms with E-state index in [1.165, 1.54) is 6.21 Å². The molecule has 0 aliphatic carbocycles. The van der Waals surface area contributed by atoms with Crippen molar-refractivity contribution >= 4 is 29.4 Å². The van der Waals surface area contributed by atoms with Crippen molar-refractivity contribution in [3.8, 4) is 5.75 Å². The summed E-state index contributed by atoms with van der Waals surface area (Å²) in [4.78, 5) is 0. The summed E-state index contributed by atoms with van der Waals surface area (Å²) in [6.07, 6.45) is 1.24. The van der Waals surface area contributed by atoms with Gasteiger partial charge in [-0.05, 0) is 24.6 Å². The van der Waals surface area contributed by atoms with Gasteiger partial charge in [-0.25, -0.2) is 0 Å². The van der Waals surface area contributed by atoms with E-state index < -0.39 is 0 Å². The van der Waals surface area contributed by atoms with Crippen LogP contribution in [0, 0.1) is 0 Å². The topological polar surface area (TPSA) is 41.8 Å². The lowest BCUT2D eigenvalue weighted by molar-refractivity contribution is 0.322. The van der Waals surface area contributed by atoms with Crippen LogP contribution in [0.2, 0.25) is 10.0 Å². The highest BCUT2D eigenvalue weighted by atomic mass is 35.5. The number of hydrogen-bond acceptors (Lipinski definition) is 3. The van der Waals surface area contributed by atoms with Gasteiger partial charge in [-0.3, -0.25) is 0 Å². The first-order valence-electron chi connectivity index (χ1n) is 3.98. The molecule has 1 rings (SSSR count). The maximum atomic E-state index is 8.33. The predicted molar refractivity (Wildman–Crippen MR) is 57.0 cm³/mol. The molecule has 3 nitrogen and oxygen atoms in total. The highest BCUT2D eigenvalue weighted by Crippen LogP contribution is 2.33. The van der Waals surface area contributed by atoms with Crippen LogP contribution < -0.4 is 4.74 Å². The molecule has 0 spiro atoms. The van der Waals surface area contributed by atoms with Crippen LogP contribution in [-0.4, -0.2) is 18.0 Å².